The van der Waals surface area contributed by atoms with E-state index in [9.17, 15) is 8.42 Å². The molecule has 1 atom stereocenters. The molecule has 22 heavy (non-hydrogen) atoms. The number of hydrogen-bond donors (Lipinski definition) is 1. The maximum atomic E-state index is 12.4. The fourth-order valence-corrected chi connectivity index (χ4v) is 3.55. The summed E-state index contributed by atoms with van der Waals surface area (Å²) in [6.45, 7) is 1.73. The summed E-state index contributed by atoms with van der Waals surface area (Å²) in [7, 11) is -3.74. The number of benzene rings is 2. The SMILES string of the molecule is CC(NS(=O)(=O)c1ccc(C#N)c(Cl)c1)c1ccc(Cl)cc1. The van der Waals surface area contributed by atoms with Crippen molar-refractivity contribution in [3.63, 3.8) is 0 Å². The van der Waals surface area contributed by atoms with Gasteiger partial charge in [-0.05, 0) is 42.8 Å². The van der Waals surface area contributed by atoms with Crippen molar-refractivity contribution >= 4 is 33.2 Å². The molecule has 0 saturated carbocycles. The van der Waals surface area contributed by atoms with Crippen molar-refractivity contribution in [1.29, 1.82) is 5.26 Å². The monoisotopic (exact) mass is 354 g/mol. The Kier molecular flexibility index (Phi) is 5.09. The lowest BCUT2D eigenvalue weighted by Gasteiger charge is -2.15. The Morgan fingerprint density at radius 1 is 1.14 bits per heavy atom. The van der Waals surface area contributed by atoms with Gasteiger partial charge in [0.05, 0.1) is 15.5 Å². The van der Waals surface area contributed by atoms with E-state index in [1.54, 1.807) is 31.2 Å². The minimum atomic E-state index is -3.74. The molecule has 2 rings (SSSR count). The van der Waals surface area contributed by atoms with Crippen molar-refractivity contribution in [1.82, 2.24) is 4.72 Å². The molecule has 0 aliphatic carbocycles. The molecule has 0 spiro atoms. The Morgan fingerprint density at radius 2 is 1.77 bits per heavy atom. The van der Waals surface area contributed by atoms with Gasteiger partial charge in [0.2, 0.25) is 10.0 Å². The van der Waals surface area contributed by atoms with E-state index < -0.39 is 16.1 Å². The largest absolute Gasteiger partial charge is 0.241 e. The van der Waals surface area contributed by atoms with Crippen LogP contribution < -0.4 is 4.72 Å². The molecule has 1 unspecified atom stereocenters. The first-order valence-corrected chi connectivity index (χ1v) is 8.55. The lowest BCUT2D eigenvalue weighted by molar-refractivity contribution is 0.567. The molecule has 0 amide bonds. The van der Waals surface area contributed by atoms with Gasteiger partial charge in [-0.2, -0.15) is 5.26 Å². The summed E-state index contributed by atoms with van der Waals surface area (Å²) in [6, 6.07) is 12.3. The first kappa shape index (κ1) is 16.8. The Bertz CT molecular complexity index is 828. The van der Waals surface area contributed by atoms with Gasteiger partial charge in [-0.1, -0.05) is 35.3 Å². The molecule has 4 nitrogen and oxygen atoms in total. The molecule has 7 heteroatoms. The number of nitrogens with one attached hydrogen (secondary N) is 1. The summed E-state index contributed by atoms with van der Waals surface area (Å²) in [5.41, 5.74) is 1.01. The van der Waals surface area contributed by atoms with Gasteiger partial charge >= 0.3 is 0 Å². The van der Waals surface area contributed by atoms with Crippen molar-refractivity contribution in [3.05, 3.63) is 63.6 Å². The molecule has 1 N–H and O–H groups in total. The molecule has 2 aromatic carbocycles. The fraction of sp³-hybridized carbons (Fsp3) is 0.133. The molecule has 0 heterocycles. The quantitative estimate of drug-likeness (QED) is 0.904. The van der Waals surface area contributed by atoms with Crippen LogP contribution in [-0.4, -0.2) is 8.42 Å². The van der Waals surface area contributed by atoms with Crippen LogP contribution in [0.1, 0.15) is 24.1 Å². The number of nitriles is 1. The molecule has 0 aliphatic rings. The van der Waals surface area contributed by atoms with Crippen LogP contribution in [0.4, 0.5) is 0 Å². The predicted octanol–water partition coefficient (Wildman–Crippen LogP) is 3.90. The van der Waals surface area contributed by atoms with Gasteiger partial charge in [0.15, 0.2) is 0 Å². The van der Waals surface area contributed by atoms with E-state index in [1.807, 2.05) is 6.07 Å². The van der Waals surface area contributed by atoms with Gasteiger partial charge < -0.3 is 0 Å². The van der Waals surface area contributed by atoms with Gasteiger partial charge in [-0.3, -0.25) is 0 Å². The summed E-state index contributed by atoms with van der Waals surface area (Å²) in [6.07, 6.45) is 0. The highest BCUT2D eigenvalue weighted by Crippen LogP contribution is 2.22. The molecule has 114 valence electrons. The Labute approximate surface area is 139 Å². The third-order valence-corrected chi connectivity index (χ3v) is 5.18. The molecule has 0 radical (unpaired) electrons. The van der Waals surface area contributed by atoms with E-state index in [-0.39, 0.29) is 15.5 Å². The number of halogens is 2. The predicted molar refractivity (Wildman–Crippen MR) is 86.4 cm³/mol. The molecule has 2 aromatic rings. The topological polar surface area (TPSA) is 70.0 Å². The second kappa shape index (κ2) is 6.67. The summed E-state index contributed by atoms with van der Waals surface area (Å²) < 4.78 is 27.3. The molecule has 0 aromatic heterocycles. The van der Waals surface area contributed by atoms with Crippen molar-refractivity contribution in [3.8, 4) is 6.07 Å². The zero-order chi connectivity index (χ0) is 16.3. The second-order valence-corrected chi connectivity index (χ2v) is 7.21. The van der Waals surface area contributed by atoms with Crippen molar-refractivity contribution in [2.45, 2.75) is 17.9 Å². The zero-order valence-electron chi connectivity index (χ0n) is 11.5. The van der Waals surface area contributed by atoms with Gasteiger partial charge in [0, 0.05) is 11.1 Å². The van der Waals surface area contributed by atoms with Crippen LogP contribution in [0.25, 0.3) is 0 Å². The number of hydrogen-bond acceptors (Lipinski definition) is 3. The van der Waals surface area contributed by atoms with E-state index in [2.05, 4.69) is 4.72 Å². The van der Waals surface area contributed by atoms with Gasteiger partial charge in [0.25, 0.3) is 0 Å². The average molecular weight is 355 g/mol. The smallest absolute Gasteiger partial charge is 0.207 e. The van der Waals surface area contributed by atoms with Gasteiger partial charge in [0.1, 0.15) is 6.07 Å². The highest BCUT2D eigenvalue weighted by molar-refractivity contribution is 7.89. The normalized spacial score (nSPS) is 12.6. The summed E-state index contributed by atoms with van der Waals surface area (Å²) in [5, 5.41) is 9.50. The van der Waals surface area contributed by atoms with Crippen molar-refractivity contribution < 1.29 is 8.42 Å². The molecule has 0 aliphatic heterocycles. The first-order valence-electron chi connectivity index (χ1n) is 6.31. The standard InChI is InChI=1S/C15H12Cl2N2O2S/c1-10(11-2-5-13(16)6-3-11)19-22(20,21)14-7-4-12(9-18)15(17)8-14/h2-8,10,19H,1H3. The third kappa shape index (κ3) is 3.79. The number of nitrogens with zero attached hydrogens (tertiary/aromatic N) is 1. The zero-order valence-corrected chi connectivity index (χ0v) is 13.9. The number of rotatable bonds is 4. The fourth-order valence-electron chi connectivity index (χ4n) is 1.87. The van der Waals surface area contributed by atoms with E-state index >= 15 is 0 Å². The van der Waals surface area contributed by atoms with E-state index in [4.69, 9.17) is 28.5 Å². The highest BCUT2D eigenvalue weighted by atomic mass is 35.5. The minimum absolute atomic E-state index is 0.0114. The van der Waals surface area contributed by atoms with Gasteiger partial charge in [-0.25, -0.2) is 13.1 Å². The second-order valence-electron chi connectivity index (χ2n) is 4.65. The van der Waals surface area contributed by atoms with Crippen LogP contribution in [-0.2, 0) is 10.0 Å². The van der Waals surface area contributed by atoms with Crippen LogP contribution in [0, 0.1) is 11.3 Å². The molecule has 0 saturated heterocycles. The van der Waals surface area contributed by atoms with Crippen LogP contribution in [0.2, 0.25) is 10.0 Å². The summed E-state index contributed by atoms with van der Waals surface area (Å²) in [4.78, 5) is 0.0114. The first-order chi connectivity index (χ1) is 10.3. The third-order valence-electron chi connectivity index (χ3n) is 3.07. The van der Waals surface area contributed by atoms with Crippen LogP contribution >= 0.6 is 23.2 Å². The average Bonchev–Trinajstić information content (AvgIpc) is 2.47. The van der Waals surface area contributed by atoms with Crippen LogP contribution in [0.15, 0.2) is 47.4 Å². The lowest BCUT2D eigenvalue weighted by atomic mass is 10.1. The Hall–Kier alpha value is -1.58. The van der Waals surface area contributed by atoms with Crippen LogP contribution in [0.3, 0.4) is 0 Å². The van der Waals surface area contributed by atoms with Crippen molar-refractivity contribution in [2.24, 2.45) is 0 Å². The van der Waals surface area contributed by atoms with Gasteiger partial charge in [-0.15, -0.1) is 0 Å². The molecular weight excluding hydrogens is 343 g/mol. The molecule has 0 bridgehead atoms. The Morgan fingerprint density at radius 3 is 2.32 bits per heavy atom. The molecule has 0 fully saturated rings. The minimum Gasteiger partial charge on any atom is -0.207 e. The number of sulfonamides is 1. The summed E-state index contributed by atoms with van der Waals surface area (Å²) in [5.74, 6) is 0. The van der Waals surface area contributed by atoms with Crippen molar-refractivity contribution in [2.75, 3.05) is 0 Å². The lowest BCUT2D eigenvalue weighted by Crippen LogP contribution is -2.26. The van der Waals surface area contributed by atoms with E-state index in [1.165, 1.54) is 18.2 Å². The highest BCUT2D eigenvalue weighted by Gasteiger charge is 2.19. The Balaban J connectivity index is 2.26. The van der Waals surface area contributed by atoms with Crippen LogP contribution in [0.5, 0.6) is 0 Å². The maximum absolute atomic E-state index is 12.4. The molecular formula is C15H12Cl2N2O2S. The maximum Gasteiger partial charge on any atom is 0.241 e. The summed E-state index contributed by atoms with van der Waals surface area (Å²) >= 11 is 11.7. The van der Waals surface area contributed by atoms with E-state index in [0.717, 1.165) is 5.56 Å². The van der Waals surface area contributed by atoms with E-state index in [0.29, 0.717) is 5.02 Å².